The molecule has 0 aromatic carbocycles. The second-order valence-electron chi connectivity index (χ2n) is 1.58. The molecular formula is C5H6Cl2O2. The monoisotopic (exact) mass is 168 g/mol. The van der Waals surface area contributed by atoms with Crippen molar-refractivity contribution in [2.75, 3.05) is 19.8 Å². The molecule has 0 aromatic heterocycles. The Morgan fingerprint density at radius 2 is 2.11 bits per heavy atom. The van der Waals surface area contributed by atoms with E-state index in [1.54, 1.807) is 0 Å². The Balaban J connectivity index is 2.49. The van der Waals surface area contributed by atoms with E-state index in [0.717, 1.165) is 0 Å². The first kappa shape index (κ1) is 7.19. The van der Waals surface area contributed by atoms with Gasteiger partial charge in [0.1, 0.15) is 17.7 Å². The average Bonchev–Trinajstić information content (AvgIpc) is 1.90. The molecule has 0 amide bonds. The van der Waals surface area contributed by atoms with Crippen LogP contribution < -0.4 is 0 Å². The third-order valence-corrected chi connectivity index (χ3v) is 1.37. The SMILES string of the molecule is ClC(Cl)=C1COCCO1. The first-order valence-electron chi connectivity index (χ1n) is 2.55. The summed E-state index contributed by atoms with van der Waals surface area (Å²) in [5, 5.41) is 0. The van der Waals surface area contributed by atoms with Crippen LogP contribution in [-0.4, -0.2) is 19.8 Å². The largest absolute Gasteiger partial charge is 0.491 e. The number of halogens is 2. The maximum absolute atomic E-state index is 5.40. The summed E-state index contributed by atoms with van der Waals surface area (Å²) in [4.78, 5) is 0. The Hall–Kier alpha value is 0.0800. The van der Waals surface area contributed by atoms with E-state index in [-0.39, 0.29) is 4.49 Å². The summed E-state index contributed by atoms with van der Waals surface area (Å²) in [5.74, 6) is 0.532. The highest BCUT2D eigenvalue weighted by Crippen LogP contribution is 2.17. The first-order valence-corrected chi connectivity index (χ1v) is 3.31. The smallest absolute Gasteiger partial charge is 0.152 e. The molecule has 0 spiro atoms. The molecule has 0 radical (unpaired) electrons. The highest BCUT2D eigenvalue weighted by Gasteiger charge is 2.08. The van der Waals surface area contributed by atoms with Crippen molar-refractivity contribution in [1.29, 1.82) is 0 Å². The van der Waals surface area contributed by atoms with Crippen LogP contribution in [0.5, 0.6) is 0 Å². The molecule has 1 aliphatic heterocycles. The Bertz CT molecular complexity index is 121. The second-order valence-corrected chi connectivity index (χ2v) is 2.53. The van der Waals surface area contributed by atoms with Gasteiger partial charge in [0.25, 0.3) is 0 Å². The maximum atomic E-state index is 5.40. The van der Waals surface area contributed by atoms with Crippen molar-refractivity contribution < 1.29 is 9.47 Å². The lowest BCUT2D eigenvalue weighted by atomic mass is 10.5. The van der Waals surface area contributed by atoms with Crippen LogP contribution in [0, 0.1) is 0 Å². The molecule has 1 saturated heterocycles. The van der Waals surface area contributed by atoms with Crippen LogP contribution in [0.15, 0.2) is 10.3 Å². The van der Waals surface area contributed by atoms with Crippen LogP contribution in [0.3, 0.4) is 0 Å². The molecule has 2 nitrogen and oxygen atoms in total. The van der Waals surface area contributed by atoms with Crippen LogP contribution in [0.1, 0.15) is 0 Å². The number of hydrogen-bond donors (Lipinski definition) is 0. The van der Waals surface area contributed by atoms with Gasteiger partial charge in [-0.2, -0.15) is 0 Å². The van der Waals surface area contributed by atoms with E-state index in [2.05, 4.69) is 0 Å². The molecule has 0 saturated carbocycles. The van der Waals surface area contributed by atoms with E-state index in [9.17, 15) is 0 Å². The van der Waals surface area contributed by atoms with Gasteiger partial charge in [-0.25, -0.2) is 0 Å². The van der Waals surface area contributed by atoms with E-state index >= 15 is 0 Å². The van der Waals surface area contributed by atoms with Gasteiger partial charge in [-0.15, -0.1) is 0 Å². The van der Waals surface area contributed by atoms with E-state index in [1.165, 1.54) is 0 Å². The summed E-state index contributed by atoms with van der Waals surface area (Å²) in [5.41, 5.74) is 0. The molecule has 1 fully saturated rings. The minimum Gasteiger partial charge on any atom is -0.491 e. The maximum Gasteiger partial charge on any atom is 0.152 e. The molecule has 0 aromatic rings. The summed E-state index contributed by atoms with van der Waals surface area (Å²) in [6, 6.07) is 0. The quantitative estimate of drug-likeness (QED) is 0.549. The van der Waals surface area contributed by atoms with Crippen LogP contribution in [-0.2, 0) is 9.47 Å². The van der Waals surface area contributed by atoms with Gasteiger partial charge < -0.3 is 9.47 Å². The van der Waals surface area contributed by atoms with Gasteiger partial charge in [0.15, 0.2) is 5.76 Å². The molecule has 4 heteroatoms. The fourth-order valence-corrected chi connectivity index (χ4v) is 0.758. The van der Waals surface area contributed by atoms with E-state index < -0.39 is 0 Å². The van der Waals surface area contributed by atoms with Gasteiger partial charge in [-0.05, 0) is 0 Å². The average molecular weight is 169 g/mol. The van der Waals surface area contributed by atoms with Crippen LogP contribution >= 0.6 is 23.2 Å². The predicted molar refractivity (Wildman–Crippen MR) is 35.5 cm³/mol. The topological polar surface area (TPSA) is 18.5 Å². The molecule has 52 valence electrons. The molecule has 0 aliphatic carbocycles. The van der Waals surface area contributed by atoms with E-state index in [1.807, 2.05) is 0 Å². The zero-order valence-electron chi connectivity index (χ0n) is 4.69. The lowest BCUT2D eigenvalue weighted by molar-refractivity contribution is 0.0134. The molecule has 1 heterocycles. The highest BCUT2D eigenvalue weighted by atomic mass is 35.5. The predicted octanol–water partition coefficient (Wildman–Crippen LogP) is 1.68. The normalized spacial score (nSPS) is 19.1. The van der Waals surface area contributed by atoms with Gasteiger partial charge >= 0.3 is 0 Å². The zero-order chi connectivity index (χ0) is 6.69. The van der Waals surface area contributed by atoms with Crippen molar-refractivity contribution in [2.24, 2.45) is 0 Å². The molecular weight excluding hydrogens is 163 g/mol. The fourth-order valence-electron chi connectivity index (χ4n) is 0.539. The zero-order valence-corrected chi connectivity index (χ0v) is 6.21. The Kier molecular flexibility index (Phi) is 2.64. The fraction of sp³-hybridized carbons (Fsp3) is 0.600. The summed E-state index contributed by atoms with van der Waals surface area (Å²) >= 11 is 10.8. The summed E-state index contributed by atoms with van der Waals surface area (Å²) in [7, 11) is 0. The number of hydrogen-bond acceptors (Lipinski definition) is 2. The molecule has 0 N–H and O–H groups in total. The minimum absolute atomic E-state index is 0.162. The molecule has 1 rings (SSSR count). The Labute approximate surface area is 63.3 Å². The van der Waals surface area contributed by atoms with Crippen molar-refractivity contribution in [3.63, 3.8) is 0 Å². The van der Waals surface area contributed by atoms with Gasteiger partial charge in [-0.1, -0.05) is 23.2 Å². The third kappa shape index (κ3) is 2.05. The van der Waals surface area contributed by atoms with Crippen LogP contribution in [0.2, 0.25) is 0 Å². The summed E-state index contributed by atoms with van der Waals surface area (Å²) < 4.78 is 10.2. The first-order chi connectivity index (χ1) is 4.30. The highest BCUT2D eigenvalue weighted by molar-refractivity contribution is 6.56. The van der Waals surface area contributed by atoms with Gasteiger partial charge in [0.05, 0.1) is 6.61 Å². The second kappa shape index (κ2) is 3.30. The van der Waals surface area contributed by atoms with Crippen molar-refractivity contribution in [3.05, 3.63) is 10.3 Å². The van der Waals surface area contributed by atoms with Gasteiger partial charge in [0, 0.05) is 0 Å². The molecule has 0 unspecified atom stereocenters. The summed E-state index contributed by atoms with van der Waals surface area (Å²) in [6.45, 7) is 1.55. The third-order valence-electron chi connectivity index (χ3n) is 0.948. The number of rotatable bonds is 0. The Morgan fingerprint density at radius 1 is 1.33 bits per heavy atom. The van der Waals surface area contributed by atoms with Gasteiger partial charge in [0.2, 0.25) is 0 Å². The molecule has 9 heavy (non-hydrogen) atoms. The lowest BCUT2D eigenvalue weighted by Crippen LogP contribution is -2.15. The van der Waals surface area contributed by atoms with Gasteiger partial charge in [-0.3, -0.25) is 0 Å². The van der Waals surface area contributed by atoms with E-state index in [0.29, 0.717) is 25.6 Å². The van der Waals surface area contributed by atoms with Crippen LogP contribution in [0.4, 0.5) is 0 Å². The lowest BCUT2D eigenvalue weighted by Gasteiger charge is -2.15. The van der Waals surface area contributed by atoms with Crippen molar-refractivity contribution in [1.82, 2.24) is 0 Å². The molecule has 0 atom stereocenters. The van der Waals surface area contributed by atoms with Crippen molar-refractivity contribution in [2.45, 2.75) is 0 Å². The number of ether oxygens (including phenoxy) is 2. The molecule has 1 aliphatic rings. The summed E-state index contributed by atoms with van der Waals surface area (Å²) in [6.07, 6.45) is 0. The Morgan fingerprint density at radius 3 is 2.44 bits per heavy atom. The standard InChI is InChI=1S/C5H6Cl2O2/c6-5(7)4-3-8-1-2-9-4/h1-3H2. The molecule has 0 bridgehead atoms. The van der Waals surface area contributed by atoms with E-state index in [4.69, 9.17) is 32.7 Å². The van der Waals surface area contributed by atoms with Crippen molar-refractivity contribution in [3.8, 4) is 0 Å². The van der Waals surface area contributed by atoms with Crippen LogP contribution in [0.25, 0.3) is 0 Å². The minimum atomic E-state index is 0.162. The van der Waals surface area contributed by atoms with Crippen molar-refractivity contribution >= 4 is 23.2 Å².